The van der Waals surface area contributed by atoms with Crippen LogP contribution in [0.5, 0.6) is 0 Å². The maximum Gasteiger partial charge on any atom is 0.279 e. The molecule has 1 aliphatic rings. The zero-order chi connectivity index (χ0) is 12.2. The van der Waals surface area contributed by atoms with Gasteiger partial charge in [-0.1, -0.05) is 12.1 Å². The molecule has 0 aromatic rings. The lowest BCUT2D eigenvalue weighted by Gasteiger charge is -2.30. The van der Waals surface area contributed by atoms with Crippen molar-refractivity contribution in [1.29, 1.82) is 0 Å². The van der Waals surface area contributed by atoms with Crippen LogP contribution >= 0.6 is 0 Å². The Kier molecular flexibility index (Phi) is 4.51. The van der Waals surface area contributed by atoms with Gasteiger partial charge in [-0.3, -0.25) is 0 Å². The molecule has 0 bridgehead atoms. The molecule has 0 saturated carbocycles. The molecule has 1 saturated heterocycles. The van der Waals surface area contributed by atoms with Crippen LogP contribution in [-0.2, 0) is 10.2 Å². The zero-order valence-electron chi connectivity index (χ0n) is 9.26. The predicted molar refractivity (Wildman–Crippen MR) is 60.3 cm³/mol. The molecule has 7 nitrogen and oxygen atoms in total. The molecule has 16 heavy (non-hydrogen) atoms. The molecule has 0 spiro atoms. The maximum absolute atomic E-state index is 11.7. The van der Waals surface area contributed by atoms with Gasteiger partial charge in [0, 0.05) is 25.6 Å². The Hall–Kier alpha value is -0.860. The van der Waals surface area contributed by atoms with E-state index in [-0.39, 0.29) is 18.3 Å². The van der Waals surface area contributed by atoms with Crippen LogP contribution in [0.1, 0.15) is 19.8 Å². The Morgan fingerprint density at radius 3 is 2.94 bits per heavy atom. The molecular weight excluding hydrogens is 232 g/mol. The highest BCUT2D eigenvalue weighted by Crippen LogP contribution is 2.18. The van der Waals surface area contributed by atoms with E-state index in [2.05, 4.69) is 9.88 Å². The lowest BCUT2D eigenvalue weighted by molar-refractivity contribution is 0.285. The fourth-order valence-electron chi connectivity index (χ4n) is 1.76. The van der Waals surface area contributed by atoms with Crippen LogP contribution in [-0.4, -0.2) is 43.4 Å². The first-order chi connectivity index (χ1) is 7.51. The summed E-state index contributed by atoms with van der Waals surface area (Å²) in [5.41, 5.74) is 5.49. The number of piperidine rings is 1. The minimum absolute atomic E-state index is 0.0939. The topological polar surface area (TPSA) is 108 Å². The molecule has 94 valence electrons. The van der Waals surface area contributed by atoms with E-state index >= 15 is 0 Å². The van der Waals surface area contributed by atoms with Crippen LogP contribution in [0.15, 0.2) is 5.16 Å². The monoisotopic (exact) mass is 250 g/mol. The van der Waals surface area contributed by atoms with Crippen molar-refractivity contribution < 1.29 is 13.6 Å². The Labute approximate surface area is 95.5 Å². The number of nitrogens with one attached hydrogen (secondary N) is 1. The van der Waals surface area contributed by atoms with Crippen LogP contribution in [0.25, 0.3) is 0 Å². The third-order valence-electron chi connectivity index (χ3n) is 2.58. The molecule has 0 aromatic heterocycles. The van der Waals surface area contributed by atoms with E-state index < -0.39 is 10.2 Å². The number of hydrogen-bond donors (Lipinski definition) is 3. The highest BCUT2D eigenvalue weighted by molar-refractivity contribution is 7.87. The highest BCUT2D eigenvalue weighted by atomic mass is 32.2. The average Bonchev–Trinajstić information content (AvgIpc) is 2.28. The number of hydrogen-bond acceptors (Lipinski definition) is 4. The Bertz CT molecular complexity index is 354. The molecular formula is C8H18N4O3S. The Morgan fingerprint density at radius 1 is 1.69 bits per heavy atom. The lowest BCUT2D eigenvalue weighted by atomic mass is 9.99. The minimum Gasteiger partial charge on any atom is -0.409 e. The molecule has 0 aromatic carbocycles. The van der Waals surface area contributed by atoms with E-state index in [0.717, 1.165) is 6.42 Å². The van der Waals surface area contributed by atoms with Crippen molar-refractivity contribution in [3.8, 4) is 0 Å². The van der Waals surface area contributed by atoms with Crippen molar-refractivity contribution in [1.82, 2.24) is 9.03 Å². The van der Waals surface area contributed by atoms with Crippen molar-refractivity contribution >= 4 is 16.0 Å². The van der Waals surface area contributed by atoms with Crippen molar-refractivity contribution in [3.63, 3.8) is 0 Å². The zero-order valence-corrected chi connectivity index (χ0v) is 10.1. The van der Waals surface area contributed by atoms with E-state index in [9.17, 15) is 8.42 Å². The average molecular weight is 250 g/mol. The largest absolute Gasteiger partial charge is 0.409 e. The molecule has 1 heterocycles. The van der Waals surface area contributed by atoms with E-state index in [4.69, 9.17) is 10.9 Å². The van der Waals surface area contributed by atoms with Gasteiger partial charge in [-0.2, -0.15) is 12.7 Å². The van der Waals surface area contributed by atoms with Gasteiger partial charge in [0.15, 0.2) is 0 Å². The number of nitrogens with zero attached hydrogens (tertiary/aromatic N) is 2. The fraction of sp³-hybridized carbons (Fsp3) is 0.875. The van der Waals surface area contributed by atoms with Gasteiger partial charge in [-0.05, 0) is 12.8 Å². The van der Waals surface area contributed by atoms with E-state index in [0.29, 0.717) is 19.5 Å². The van der Waals surface area contributed by atoms with Crippen LogP contribution in [0.2, 0.25) is 0 Å². The Balaban J connectivity index is 2.71. The molecule has 1 aliphatic heterocycles. The quantitative estimate of drug-likeness (QED) is 0.265. The summed E-state index contributed by atoms with van der Waals surface area (Å²) in [4.78, 5) is 0. The Morgan fingerprint density at radius 2 is 2.38 bits per heavy atom. The molecule has 1 rings (SSSR count). The normalized spacial score (nSPS) is 24.6. The standard InChI is InChI=1S/C8H18N4O3S/c1-2-10-16(14,15)12-5-3-4-7(6-12)8(9)11-13/h7,10,13H,2-6H2,1H3,(H2,9,11). The van der Waals surface area contributed by atoms with E-state index in [1.807, 2.05) is 0 Å². The second kappa shape index (κ2) is 5.46. The molecule has 1 unspecified atom stereocenters. The van der Waals surface area contributed by atoms with Crippen molar-refractivity contribution in [3.05, 3.63) is 0 Å². The minimum atomic E-state index is -3.42. The van der Waals surface area contributed by atoms with E-state index in [1.54, 1.807) is 6.92 Å². The van der Waals surface area contributed by atoms with Gasteiger partial charge >= 0.3 is 0 Å². The summed E-state index contributed by atoms with van der Waals surface area (Å²) in [6.45, 7) is 2.82. The second-order valence-corrected chi connectivity index (χ2v) is 5.48. The number of nitrogens with two attached hydrogens (primary N) is 1. The van der Waals surface area contributed by atoms with Crippen molar-refractivity contribution in [2.45, 2.75) is 19.8 Å². The smallest absolute Gasteiger partial charge is 0.279 e. The van der Waals surface area contributed by atoms with Gasteiger partial charge in [0.25, 0.3) is 10.2 Å². The summed E-state index contributed by atoms with van der Waals surface area (Å²) in [5.74, 6) is -0.108. The first kappa shape index (κ1) is 13.2. The summed E-state index contributed by atoms with van der Waals surface area (Å²) in [5, 5.41) is 11.5. The second-order valence-electron chi connectivity index (χ2n) is 3.72. The summed E-state index contributed by atoms with van der Waals surface area (Å²) >= 11 is 0. The lowest BCUT2D eigenvalue weighted by Crippen LogP contribution is -2.48. The molecule has 1 fully saturated rings. The van der Waals surface area contributed by atoms with E-state index in [1.165, 1.54) is 4.31 Å². The first-order valence-electron chi connectivity index (χ1n) is 5.23. The first-order valence-corrected chi connectivity index (χ1v) is 6.67. The molecule has 0 radical (unpaired) electrons. The van der Waals surface area contributed by atoms with Crippen molar-refractivity contribution in [2.24, 2.45) is 16.8 Å². The number of rotatable bonds is 4. The van der Waals surface area contributed by atoms with Crippen LogP contribution in [0.4, 0.5) is 0 Å². The van der Waals surface area contributed by atoms with Crippen LogP contribution in [0.3, 0.4) is 0 Å². The van der Waals surface area contributed by atoms with Crippen LogP contribution in [0, 0.1) is 5.92 Å². The summed E-state index contributed by atoms with van der Waals surface area (Å²) in [6.07, 6.45) is 1.46. The molecule has 0 aliphatic carbocycles. The SMILES string of the molecule is CCNS(=O)(=O)N1CCCC(C(N)=NO)C1. The number of amidine groups is 1. The number of oxime groups is 1. The molecule has 8 heteroatoms. The molecule has 0 amide bonds. The van der Waals surface area contributed by atoms with Gasteiger partial charge in [0.1, 0.15) is 5.84 Å². The van der Waals surface area contributed by atoms with Crippen LogP contribution < -0.4 is 10.5 Å². The summed E-state index contributed by atoms with van der Waals surface area (Å²) < 4.78 is 27.2. The third-order valence-corrected chi connectivity index (χ3v) is 4.25. The summed E-state index contributed by atoms with van der Waals surface area (Å²) in [6, 6.07) is 0. The molecule has 4 N–H and O–H groups in total. The van der Waals surface area contributed by atoms with Gasteiger partial charge in [-0.15, -0.1) is 0 Å². The predicted octanol–water partition coefficient (Wildman–Crippen LogP) is -0.701. The van der Waals surface area contributed by atoms with Crippen molar-refractivity contribution in [2.75, 3.05) is 19.6 Å². The molecule has 1 atom stereocenters. The van der Waals surface area contributed by atoms with Gasteiger partial charge in [0.2, 0.25) is 0 Å². The maximum atomic E-state index is 11.7. The van der Waals surface area contributed by atoms with Gasteiger partial charge in [0.05, 0.1) is 0 Å². The highest BCUT2D eigenvalue weighted by Gasteiger charge is 2.30. The third kappa shape index (κ3) is 3.06. The summed E-state index contributed by atoms with van der Waals surface area (Å²) in [7, 11) is -3.42. The fourth-order valence-corrected chi connectivity index (χ4v) is 3.05. The van der Waals surface area contributed by atoms with Gasteiger partial charge < -0.3 is 10.9 Å². The van der Waals surface area contributed by atoms with Gasteiger partial charge in [-0.25, -0.2) is 4.72 Å².